The third kappa shape index (κ3) is 2.09. The summed E-state index contributed by atoms with van der Waals surface area (Å²) in [4.78, 5) is 35.9. The lowest BCUT2D eigenvalue weighted by molar-refractivity contribution is -0.272. The standard InChI is InChI=1S/C19H24O6/c1-9(20)23-16-11-5-6-15-18(3,4)13-8-19(11,15)12(7-14(13)22)17(25-16)24-10(2)21/h7,11,13,15-17H,5-6,8H2,1-4H3/t11-,13-,15-,16-,17-,19-/m1/s1. The van der Waals surface area contributed by atoms with Crippen LogP contribution in [-0.4, -0.2) is 30.3 Å². The molecule has 4 aliphatic rings. The Balaban J connectivity index is 1.84. The molecule has 1 spiro atoms. The van der Waals surface area contributed by atoms with Crippen LogP contribution in [0.15, 0.2) is 11.6 Å². The van der Waals surface area contributed by atoms with E-state index < -0.39 is 24.5 Å². The highest BCUT2D eigenvalue weighted by Crippen LogP contribution is 2.73. The van der Waals surface area contributed by atoms with Gasteiger partial charge in [0.05, 0.1) is 0 Å². The minimum Gasteiger partial charge on any atom is -0.435 e. The van der Waals surface area contributed by atoms with Crippen molar-refractivity contribution >= 4 is 17.7 Å². The molecule has 0 aromatic heterocycles. The van der Waals surface area contributed by atoms with Gasteiger partial charge >= 0.3 is 11.9 Å². The van der Waals surface area contributed by atoms with Crippen molar-refractivity contribution in [2.24, 2.45) is 28.6 Å². The highest BCUT2D eigenvalue weighted by atomic mass is 16.8. The third-order valence-electron chi connectivity index (χ3n) is 6.96. The second kappa shape index (κ2) is 5.16. The lowest BCUT2D eigenvalue weighted by Gasteiger charge is -2.49. The molecule has 2 bridgehead atoms. The van der Waals surface area contributed by atoms with Crippen LogP contribution >= 0.6 is 0 Å². The van der Waals surface area contributed by atoms with Gasteiger partial charge in [-0.2, -0.15) is 0 Å². The zero-order chi connectivity index (χ0) is 18.1. The van der Waals surface area contributed by atoms with Crippen molar-refractivity contribution in [1.82, 2.24) is 0 Å². The molecule has 6 atom stereocenters. The van der Waals surface area contributed by atoms with Crippen molar-refractivity contribution in [1.29, 1.82) is 0 Å². The summed E-state index contributed by atoms with van der Waals surface area (Å²) in [5, 5.41) is 0. The number of allylic oxidation sites excluding steroid dienone is 1. The van der Waals surface area contributed by atoms with Crippen LogP contribution in [-0.2, 0) is 28.6 Å². The summed E-state index contributed by atoms with van der Waals surface area (Å²) in [6.07, 6.45) is 2.48. The second-order valence-corrected chi connectivity index (χ2v) is 8.41. The summed E-state index contributed by atoms with van der Waals surface area (Å²) in [5.41, 5.74) is 0.342. The van der Waals surface area contributed by atoms with Crippen LogP contribution in [0.1, 0.15) is 47.0 Å². The topological polar surface area (TPSA) is 78.9 Å². The molecule has 6 heteroatoms. The van der Waals surface area contributed by atoms with Crippen molar-refractivity contribution in [3.05, 3.63) is 11.6 Å². The number of ketones is 1. The smallest absolute Gasteiger partial charge is 0.305 e. The maximum atomic E-state index is 12.7. The van der Waals surface area contributed by atoms with Gasteiger partial charge in [-0.3, -0.25) is 19.1 Å². The average Bonchev–Trinajstić information content (AvgIpc) is 2.94. The van der Waals surface area contributed by atoms with Gasteiger partial charge in [0.1, 0.15) is 0 Å². The highest BCUT2D eigenvalue weighted by molar-refractivity contribution is 5.95. The molecule has 136 valence electrons. The molecule has 6 nitrogen and oxygen atoms in total. The average molecular weight is 348 g/mol. The van der Waals surface area contributed by atoms with E-state index in [1.165, 1.54) is 13.8 Å². The zero-order valence-corrected chi connectivity index (χ0v) is 15.0. The molecule has 1 saturated heterocycles. The Bertz CT molecular complexity index is 692. The number of hydrogen-bond donors (Lipinski definition) is 0. The first-order valence-electron chi connectivity index (χ1n) is 8.93. The van der Waals surface area contributed by atoms with Crippen molar-refractivity contribution < 1.29 is 28.6 Å². The Labute approximate surface area is 146 Å². The summed E-state index contributed by atoms with van der Waals surface area (Å²) in [7, 11) is 0. The van der Waals surface area contributed by atoms with Gasteiger partial charge in [-0.15, -0.1) is 0 Å². The van der Waals surface area contributed by atoms with E-state index in [1.54, 1.807) is 6.08 Å². The van der Waals surface area contributed by atoms with Gasteiger partial charge in [-0.1, -0.05) is 13.8 Å². The van der Waals surface area contributed by atoms with Crippen LogP contribution in [0.3, 0.4) is 0 Å². The largest absolute Gasteiger partial charge is 0.435 e. The van der Waals surface area contributed by atoms with Crippen molar-refractivity contribution in [3.63, 3.8) is 0 Å². The van der Waals surface area contributed by atoms with E-state index in [1.807, 2.05) is 0 Å². The van der Waals surface area contributed by atoms with E-state index in [0.717, 1.165) is 24.8 Å². The number of carbonyl (C=O) groups excluding carboxylic acids is 3. The third-order valence-corrected chi connectivity index (χ3v) is 6.96. The predicted molar refractivity (Wildman–Crippen MR) is 85.8 cm³/mol. The molecule has 0 unspecified atom stereocenters. The van der Waals surface area contributed by atoms with Gasteiger partial charge in [0.15, 0.2) is 5.78 Å². The highest BCUT2D eigenvalue weighted by Gasteiger charge is 2.72. The van der Waals surface area contributed by atoms with Crippen LogP contribution < -0.4 is 0 Å². The first kappa shape index (κ1) is 16.8. The molecule has 1 heterocycles. The minimum absolute atomic E-state index is 0.00293. The van der Waals surface area contributed by atoms with E-state index in [9.17, 15) is 14.4 Å². The van der Waals surface area contributed by atoms with Crippen LogP contribution in [0.4, 0.5) is 0 Å². The Kier molecular flexibility index (Phi) is 3.46. The number of fused-ring (bicyclic) bond motifs is 1. The lowest BCUT2D eigenvalue weighted by Crippen LogP contribution is -2.53. The number of hydrogen-bond acceptors (Lipinski definition) is 6. The first-order valence-corrected chi connectivity index (χ1v) is 8.93. The molecule has 3 aliphatic carbocycles. The molecule has 0 aromatic rings. The number of ether oxygens (including phenoxy) is 3. The molecular formula is C19H24O6. The van der Waals surface area contributed by atoms with E-state index >= 15 is 0 Å². The molecule has 0 amide bonds. The van der Waals surface area contributed by atoms with Gasteiger partial charge in [0, 0.05) is 36.7 Å². The minimum atomic E-state index is -0.961. The van der Waals surface area contributed by atoms with Gasteiger partial charge < -0.3 is 9.47 Å². The lowest BCUT2D eigenvalue weighted by atomic mass is 9.63. The quantitative estimate of drug-likeness (QED) is 0.713. The Morgan fingerprint density at radius 3 is 2.48 bits per heavy atom. The van der Waals surface area contributed by atoms with E-state index in [-0.39, 0.29) is 34.4 Å². The fraction of sp³-hybridized carbons (Fsp3) is 0.737. The van der Waals surface area contributed by atoms with Gasteiger partial charge in [0.2, 0.25) is 12.6 Å². The van der Waals surface area contributed by atoms with Crippen LogP contribution in [0.5, 0.6) is 0 Å². The van der Waals surface area contributed by atoms with Crippen LogP contribution in [0, 0.1) is 28.6 Å². The predicted octanol–water partition coefficient (Wildman–Crippen LogP) is 2.36. The number of esters is 2. The molecule has 0 aromatic carbocycles. The monoisotopic (exact) mass is 348 g/mol. The van der Waals surface area contributed by atoms with Crippen LogP contribution in [0.2, 0.25) is 0 Å². The molecule has 0 N–H and O–H groups in total. The molecule has 2 saturated carbocycles. The fourth-order valence-electron chi connectivity index (χ4n) is 6.15. The molecule has 1 aliphatic heterocycles. The van der Waals surface area contributed by atoms with Crippen molar-refractivity contribution in [2.45, 2.75) is 59.5 Å². The molecule has 0 radical (unpaired) electrons. The number of rotatable bonds is 2. The second-order valence-electron chi connectivity index (χ2n) is 8.41. The summed E-state index contributed by atoms with van der Waals surface area (Å²) in [5.74, 6) is -0.573. The summed E-state index contributed by atoms with van der Waals surface area (Å²) < 4.78 is 16.7. The van der Waals surface area contributed by atoms with E-state index in [2.05, 4.69) is 13.8 Å². The summed E-state index contributed by atoms with van der Waals surface area (Å²) in [6, 6.07) is 0. The van der Waals surface area contributed by atoms with Crippen molar-refractivity contribution in [3.8, 4) is 0 Å². The maximum Gasteiger partial charge on any atom is 0.305 e. The Hall–Kier alpha value is -1.69. The SMILES string of the molecule is CC(=O)O[C@@H]1O[C@@H](OC(C)=O)[C@H]2CC[C@@H]3C(C)(C)[C@@H]4C[C@]23C1=CC4=O. The Morgan fingerprint density at radius 1 is 1.16 bits per heavy atom. The van der Waals surface area contributed by atoms with Gasteiger partial charge in [-0.05, 0) is 36.7 Å². The first-order chi connectivity index (χ1) is 11.7. The van der Waals surface area contributed by atoms with E-state index in [4.69, 9.17) is 14.2 Å². The fourth-order valence-corrected chi connectivity index (χ4v) is 6.15. The molecule has 4 rings (SSSR count). The van der Waals surface area contributed by atoms with Gasteiger partial charge in [0.25, 0.3) is 0 Å². The molecule has 3 fully saturated rings. The maximum absolute atomic E-state index is 12.7. The number of carbonyl (C=O) groups is 3. The van der Waals surface area contributed by atoms with E-state index in [0.29, 0.717) is 0 Å². The zero-order valence-electron chi connectivity index (χ0n) is 15.0. The van der Waals surface area contributed by atoms with Crippen LogP contribution in [0.25, 0.3) is 0 Å². The summed E-state index contributed by atoms with van der Waals surface area (Å²) >= 11 is 0. The normalized spacial score (nSPS) is 43.3. The van der Waals surface area contributed by atoms with Gasteiger partial charge in [-0.25, -0.2) is 0 Å². The summed E-state index contributed by atoms with van der Waals surface area (Å²) in [6.45, 7) is 6.98. The Morgan fingerprint density at radius 2 is 1.84 bits per heavy atom. The molecular weight excluding hydrogens is 324 g/mol. The van der Waals surface area contributed by atoms with Crippen molar-refractivity contribution in [2.75, 3.05) is 0 Å². The molecule has 25 heavy (non-hydrogen) atoms.